The molecule has 1 aromatic heterocycles. The van der Waals surface area contributed by atoms with E-state index >= 15 is 0 Å². The first-order valence-electron chi connectivity index (χ1n) is 7.10. The maximum atomic E-state index is 12.2. The van der Waals surface area contributed by atoms with Crippen LogP contribution < -0.4 is 10.1 Å². The highest BCUT2D eigenvalue weighted by molar-refractivity contribution is 5.92. The number of hydrogen-bond acceptors (Lipinski definition) is 5. The summed E-state index contributed by atoms with van der Waals surface area (Å²) < 4.78 is 6.49. The number of carbonyl (C=O) groups excluding carboxylic acids is 1. The zero-order valence-corrected chi connectivity index (χ0v) is 12.8. The van der Waals surface area contributed by atoms with Gasteiger partial charge in [-0.3, -0.25) is 19.6 Å². The molecule has 1 heterocycles. The van der Waals surface area contributed by atoms with Gasteiger partial charge in [-0.25, -0.2) is 0 Å². The summed E-state index contributed by atoms with van der Waals surface area (Å²) in [5.74, 6) is 0.412. The lowest BCUT2D eigenvalue weighted by molar-refractivity contribution is -0.384. The Balaban J connectivity index is 1.77. The summed E-state index contributed by atoms with van der Waals surface area (Å²) in [4.78, 5) is 22.6. The van der Waals surface area contributed by atoms with Gasteiger partial charge >= 0.3 is 0 Å². The predicted octanol–water partition coefficient (Wildman–Crippen LogP) is 2.59. The van der Waals surface area contributed by atoms with Crippen LogP contribution in [0.25, 0.3) is 10.9 Å². The summed E-state index contributed by atoms with van der Waals surface area (Å²) in [5.41, 5.74) is 1.12. The molecule has 0 aliphatic heterocycles. The summed E-state index contributed by atoms with van der Waals surface area (Å²) in [7, 11) is 1.57. The number of ether oxygens (including phenoxy) is 1. The second-order valence-electron chi connectivity index (χ2n) is 5.08. The molecule has 0 aliphatic rings. The van der Waals surface area contributed by atoms with Crippen LogP contribution in [0, 0.1) is 10.1 Å². The zero-order chi connectivity index (χ0) is 17.1. The lowest BCUT2D eigenvalue weighted by Crippen LogP contribution is -2.19. The molecular weight excluding hydrogens is 312 g/mol. The molecule has 0 saturated heterocycles. The van der Waals surface area contributed by atoms with Crippen molar-refractivity contribution in [1.82, 2.24) is 9.78 Å². The van der Waals surface area contributed by atoms with Crippen molar-refractivity contribution in [2.24, 2.45) is 0 Å². The molecule has 122 valence electrons. The molecule has 0 radical (unpaired) electrons. The van der Waals surface area contributed by atoms with Crippen molar-refractivity contribution in [1.29, 1.82) is 0 Å². The van der Waals surface area contributed by atoms with E-state index < -0.39 is 4.92 Å². The van der Waals surface area contributed by atoms with Crippen molar-refractivity contribution < 1.29 is 14.5 Å². The standard InChI is InChI=1S/C16H14N4O4/c1-24-14-6-3-12(4-7-14)18-16(21)10-19-15-8-13(20(22)23)5-2-11(15)9-17-19/h2-9H,10H2,1H3,(H,18,21). The Bertz CT molecular complexity index is 902. The van der Waals surface area contributed by atoms with Crippen molar-refractivity contribution in [2.45, 2.75) is 6.54 Å². The van der Waals surface area contributed by atoms with Crippen LogP contribution in [0.3, 0.4) is 0 Å². The number of non-ortho nitro benzene ring substituents is 1. The van der Waals surface area contributed by atoms with Crippen LogP contribution in [0.15, 0.2) is 48.7 Å². The SMILES string of the molecule is COc1ccc(NC(=O)Cn2ncc3ccc([N+](=O)[O-])cc32)cc1. The number of methoxy groups -OCH3 is 1. The molecule has 24 heavy (non-hydrogen) atoms. The van der Waals surface area contributed by atoms with Gasteiger partial charge in [-0.05, 0) is 30.3 Å². The Labute approximate surface area is 136 Å². The highest BCUT2D eigenvalue weighted by atomic mass is 16.6. The monoisotopic (exact) mass is 326 g/mol. The second-order valence-corrected chi connectivity index (χ2v) is 5.08. The average molecular weight is 326 g/mol. The largest absolute Gasteiger partial charge is 0.497 e. The first-order valence-corrected chi connectivity index (χ1v) is 7.10. The first-order chi connectivity index (χ1) is 11.6. The number of benzene rings is 2. The fourth-order valence-electron chi connectivity index (χ4n) is 2.31. The van der Waals surface area contributed by atoms with Crippen molar-refractivity contribution in [3.63, 3.8) is 0 Å². The number of nitro groups is 1. The third-order valence-electron chi connectivity index (χ3n) is 3.51. The van der Waals surface area contributed by atoms with Gasteiger partial charge in [0.05, 0.1) is 23.7 Å². The van der Waals surface area contributed by atoms with Crippen LogP contribution in [-0.4, -0.2) is 27.7 Å². The number of amides is 1. The molecule has 0 spiro atoms. The maximum absolute atomic E-state index is 12.2. The van der Waals surface area contributed by atoms with Gasteiger partial charge in [-0.1, -0.05) is 0 Å². The lowest BCUT2D eigenvalue weighted by atomic mass is 10.2. The van der Waals surface area contributed by atoms with E-state index in [1.54, 1.807) is 43.6 Å². The highest BCUT2D eigenvalue weighted by Gasteiger charge is 2.12. The van der Waals surface area contributed by atoms with Gasteiger partial charge in [-0.15, -0.1) is 0 Å². The summed E-state index contributed by atoms with van der Waals surface area (Å²) in [6, 6.07) is 11.4. The number of nitrogens with one attached hydrogen (secondary N) is 1. The van der Waals surface area contributed by atoms with Gasteiger partial charge in [0, 0.05) is 23.2 Å². The lowest BCUT2D eigenvalue weighted by Gasteiger charge is -2.07. The van der Waals surface area contributed by atoms with E-state index in [0.717, 1.165) is 5.39 Å². The minimum atomic E-state index is -0.478. The molecule has 3 rings (SSSR count). The molecule has 0 saturated carbocycles. The van der Waals surface area contributed by atoms with E-state index in [4.69, 9.17) is 4.74 Å². The van der Waals surface area contributed by atoms with Crippen molar-refractivity contribution >= 4 is 28.2 Å². The Kier molecular flexibility index (Phi) is 4.11. The number of rotatable bonds is 5. The van der Waals surface area contributed by atoms with Crippen molar-refractivity contribution in [2.75, 3.05) is 12.4 Å². The van der Waals surface area contributed by atoms with E-state index in [1.807, 2.05) is 0 Å². The van der Waals surface area contributed by atoms with Crippen LogP contribution in [-0.2, 0) is 11.3 Å². The summed E-state index contributed by atoms with van der Waals surface area (Å²) in [6.45, 7) is -0.0449. The molecule has 2 aromatic carbocycles. The van der Waals surface area contributed by atoms with Gasteiger partial charge in [0.15, 0.2) is 0 Å². The molecule has 1 amide bonds. The molecule has 0 unspecified atom stereocenters. The third-order valence-corrected chi connectivity index (χ3v) is 3.51. The topological polar surface area (TPSA) is 99.3 Å². The molecule has 0 atom stereocenters. The maximum Gasteiger partial charge on any atom is 0.271 e. The van der Waals surface area contributed by atoms with Crippen LogP contribution in [0.4, 0.5) is 11.4 Å². The minimum absolute atomic E-state index is 0.0418. The number of anilines is 1. The van der Waals surface area contributed by atoms with Gasteiger partial charge in [0.2, 0.25) is 5.91 Å². The Morgan fingerprint density at radius 2 is 2.04 bits per heavy atom. The van der Waals surface area contributed by atoms with E-state index in [9.17, 15) is 14.9 Å². The summed E-state index contributed by atoms with van der Waals surface area (Å²) >= 11 is 0. The van der Waals surface area contributed by atoms with Crippen molar-refractivity contribution in [3.8, 4) is 5.75 Å². The Hall–Kier alpha value is -3.42. The third kappa shape index (κ3) is 3.17. The zero-order valence-electron chi connectivity index (χ0n) is 12.8. The molecular formula is C16H14N4O4. The predicted molar refractivity (Wildman–Crippen MR) is 88.0 cm³/mol. The molecule has 0 aliphatic carbocycles. The molecule has 0 fully saturated rings. The normalized spacial score (nSPS) is 10.5. The second kappa shape index (κ2) is 6.37. The van der Waals surface area contributed by atoms with Crippen LogP contribution in [0.1, 0.15) is 0 Å². The fourth-order valence-corrected chi connectivity index (χ4v) is 2.31. The number of carbonyl (C=O) groups is 1. The highest BCUT2D eigenvalue weighted by Crippen LogP contribution is 2.21. The summed E-state index contributed by atoms with van der Waals surface area (Å²) in [5, 5.41) is 18.5. The van der Waals surface area contributed by atoms with E-state index in [1.165, 1.54) is 16.8 Å². The van der Waals surface area contributed by atoms with Crippen LogP contribution >= 0.6 is 0 Å². The van der Waals surface area contributed by atoms with E-state index in [-0.39, 0.29) is 18.1 Å². The van der Waals surface area contributed by atoms with E-state index in [0.29, 0.717) is 17.0 Å². The quantitative estimate of drug-likeness (QED) is 0.574. The average Bonchev–Trinajstić information content (AvgIpc) is 2.97. The number of nitrogens with zero attached hydrogens (tertiary/aromatic N) is 3. The molecule has 3 aromatic rings. The van der Waals surface area contributed by atoms with Crippen LogP contribution in [0.2, 0.25) is 0 Å². The van der Waals surface area contributed by atoms with E-state index in [2.05, 4.69) is 10.4 Å². The van der Waals surface area contributed by atoms with Gasteiger partial charge in [0.1, 0.15) is 12.3 Å². The van der Waals surface area contributed by atoms with Crippen LogP contribution in [0.5, 0.6) is 5.75 Å². The smallest absolute Gasteiger partial charge is 0.271 e. The van der Waals surface area contributed by atoms with Gasteiger partial charge in [0.25, 0.3) is 5.69 Å². The Morgan fingerprint density at radius 3 is 2.71 bits per heavy atom. The van der Waals surface area contributed by atoms with Crippen molar-refractivity contribution in [3.05, 3.63) is 58.8 Å². The molecule has 8 heteroatoms. The number of aromatic nitrogens is 2. The Morgan fingerprint density at radius 1 is 1.29 bits per heavy atom. The number of nitro benzene ring substituents is 1. The van der Waals surface area contributed by atoms with Gasteiger partial charge in [-0.2, -0.15) is 5.10 Å². The summed E-state index contributed by atoms with van der Waals surface area (Å²) in [6.07, 6.45) is 1.57. The molecule has 8 nitrogen and oxygen atoms in total. The minimum Gasteiger partial charge on any atom is -0.497 e. The molecule has 1 N–H and O–H groups in total. The fraction of sp³-hybridized carbons (Fsp3) is 0.125. The first kappa shape index (κ1) is 15.5. The number of hydrogen-bond donors (Lipinski definition) is 1. The van der Waals surface area contributed by atoms with Gasteiger partial charge < -0.3 is 10.1 Å². The number of fused-ring (bicyclic) bond motifs is 1. The molecule has 0 bridgehead atoms.